The first-order chi connectivity index (χ1) is 14.2. The number of ether oxygens (including phenoxy) is 1. The summed E-state index contributed by atoms with van der Waals surface area (Å²) in [6.45, 7) is 4.58. The Hall–Kier alpha value is -3.56. The Kier molecular flexibility index (Phi) is 5.32. The highest BCUT2D eigenvalue weighted by molar-refractivity contribution is 5.95. The molecule has 1 fully saturated rings. The maximum atomic E-state index is 13.1. The third-order valence-electron chi connectivity index (χ3n) is 4.89. The summed E-state index contributed by atoms with van der Waals surface area (Å²) in [5, 5.41) is 12.5. The molecule has 150 valence electrons. The van der Waals surface area contributed by atoms with Crippen LogP contribution in [0.25, 0.3) is 5.82 Å². The molecule has 0 saturated carbocycles. The van der Waals surface area contributed by atoms with Crippen molar-refractivity contribution in [1.82, 2.24) is 34.8 Å². The van der Waals surface area contributed by atoms with E-state index in [1.165, 1.54) is 7.11 Å². The molecular formula is C19H22N8O2. The van der Waals surface area contributed by atoms with Gasteiger partial charge in [-0.05, 0) is 18.6 Å². The maximum absolute atomic E-state index is 13.1. The van der Waals surface area contributed by atoms with E-state index in [1.54, 1.807) is 41.5 Å². The molecule has 3 aromatic rings. The van der Waals surface area contributed by atoms with Crippen molar-refractivity contribution in [3.63, 3.8) is 0 Å². The van der Waals surface area contributed by atoms with E-state index in [0.29, 0.717) is 55.8 Å². The monoisotopic (exact) mass is 394 g/mol. The zero-order valence-corrected chi connectivity index (χ0v) is 16.4. The minimum absolute atomic E-state index is 0.0248. The van der Waals surface area contributed by atoms with E-state index in [4.69, 9.17) is 4.74 Å². The third-order valence-corrected chi connectivity index (χ3v) is 4.89. The Morgan fingerprint density at radius 1 is 1.10 bits per heavy atom. The maximum Gasteiger partial charge on any atom is 0.257 e. The molecule has 29 heavy (non-hydrogen) atoms. The zero-order chi connectivity index (χ0) is 20.2. The molecule has 3 aromatic heterocycles. The summed E-state index contributed by atoms with van der Waals surface area (Å²) in [6, 6.07) is 5.28. The van der Waals surface area contributed by atoms with E-state index < -0.39 is 0 Å². The Bertz CT molecular complexity index is 966. The summed E-state index contributed by atoms with van der Waals surface area (Å²) in [7, 11) is 1.54. The summed E-state index contributed by atoms with van der Waals surface area (Å²) >= 11 is 0. The van der Waals surface area contributed by atoms with Gasteiger partial charge >= 0.3 is 0 Å². The van der Waals surface area contributed by atoms with Crippen LogP contribution in [0.5, 0.6) is 5.88 Å². The van der Waals surface area contributed by atoms with Crippen molar-refractivity contribution in [3.05, 3.63) is 48.0 Å². The molecule has 1 aliphatic heterocycles. The molecule has 1 amide bonds. The number of rotatable bonds is 5. The highest BCUT2D eigenvalue weighted by atomic mass is 16.5. The average molecular weight is 394 g/mol. The van der Waals surface area contributed by atoms with Crippen LogP contribution in [0.1, 0.15) is 23.0 Å². The van der Waals surface area contributed by atoms with Crippen LogP contribution in [0.15, 0.2) is 36.8 Å². The van der Waals surface area contributed by atoms with Gasteiger partial charge in [0, 0.05) is 44.6 Å². The van der Waals surface area contributed by atoms with Crippen molar-refractivity contribution < 1.29 is 9.53 Å². The lowest BCUT2D eigenvalue weighted by Gasteiger charge is -2.34. The van der Waals surface area contributed by atoms with Gasteiger partial charge in [0.1, 0.15) is 0 Å². The van der Waals surface area contributed by atoms with Gasteiger partial charge in [-0.3, -0.25) is 4.79 Å². The molecule has 1 saturated heterocycles. The minimum atomic E-state index is -0.0248. The van der Waals surface area contributed by atoms with Crippen molar-refractivity contribution in [1.29, 1.82) is 0 Å². The average Bonchev–Trinajstić information content (AvgIpc) is 3.23. The Labute approximate surface area is 168 Å². The molecule has 0 unspecified atom stereocenters. The number of carbonyl (C=O) groups excluding carboxylic acids is 1. The fourth-order valence-electron chi connectivity index (χ4n) is 3.36. The number of anilines is 1. The lowest BCUT2D eigenvalue weighted by atomic mass is 10.1. The van der Waals surface area contributed by atoms with Crippen molar-refractivity contribution in [3.8, 4) is 11.7 Å². The Morgan fingerprint density at radius 2 is 1.86 bits per heavy atom. The van der Waals surface area contributed by atoms with E-state index >= 15 is 0 Å². The van der Waals surface area contributed by atoms with Gasteiger partial charge in [0.15, 0.2) is 5.82 Å². The fraction of sp³-hybridized carbons (Fsp3) is 0.368. The van der Waals surface area contributed by atoms with Gasteiger partial charge in [0.25, 0.3) is 5.91 Å². The molecular weight excluding hydrogens is 372 g/mol. The molecule has 0 aromatic carbocycles. The predicted molar refractivity (Wildman–Crippen MR) is 105 cm³/mol. The summed E-state index contributed by atoms with van der Waals surface area (Å²) in [5.74, 6) is 1.64. The van der Waals surface area contributed by atoms with Gasteiger partial charge in [-0.25, -0.2) is 14.6 Å². The number of hydrogen-bond acceptors (Lipinski definition) is 8. The topological polar surface area (TPSA) is 102 Å². The number of piperazine rings is 1. The number of nitrogens with zero attached hydrogens (tertiary/aromatic N) is 8. The predicted octanol–water partition coefficient (Wildman–Crippen LogP) is 0.986. The Balaban J connectivity index is 1.50. The molecule has 10 nitrogen and oxygen atoms in total. The van der Waals surface area contributed by atoms with Crippen LogP contribution >= 0.6 is 0 Å². The second-order valence-electron chi connectivity index (χ2n) is 6.53. The molecule has 4 heterocycles. The normalized spacial score (nSPS) is 14.1. The molecule has 10 heteroatoms. The van der Waals surface area contributed by atoms with Crippen molar-refractivity contribution in [2.75, 3.05) is 38.2 Å². The highest BCUT2D eigenvalue weighted by Crippen LogP contribution is 2.19. The van der Waals surface area contributed by atoms with E-state index in [-0.39, 0.29) is 5.91 Å². The van der Waals surface area contributed by atoms with Crippen LogP contribution in [-0.4, -0.2) is 74.0 Å². The van der Waals surface area contributed by atoms with Crippen LogP contribution < -0.4 is 9.64 Å². The number of aromatic nitrogens is 6. The standard InChI is InChI=1S/C19H22N8O2/c1-3-15-14(13-22-27(15)16-5-6-17(29-2)24-23-16)18(28)25-9-11-26(12-10-25)19-20-7-4-8-21-19/h4-8,13H,3,9-12H2,1-2H3. The second kappa shape index (κ2) is 8.21. The molecule has 0 atom stereocenters. The molecule has 4 rings (SSSR count). The van der Waals surface area contributed by atoms with E-state index in [2.05, 4.69) is 30.2 Å². The van der Waals surface area contributed by atoms with Crippen LogP contribution in [0.4, 0.5) is 5.95 Å². The first-order valence-corrected chi connectivity index (χ1v) is 9.47. The van der Waals surface area contributed by atoms with Crippen LogP contribution in [0, 0.1) is 0 Å². The van der Waals surface area contributed by atoms with Gasteiger partial charge in [-0.1, -0.05) is 6.92 Å². The minimum Gasteiger partial charge on any atom is -0.480 e. The third kappa shape index (κ3) is 3.73. The number of hydrogen-bond donors (Lipinski definition) is 0. The van der Waals surface area contributed by atoms with Gasteiger partial charge in [0.05, 0.1) is 24.6 Å². The van der Waals surface area contributed by atoms with E-state index in [1.807, 2.05) is 11.8 Å². The lowest BCUT2D eigenvalue weighted by molar-refractivity contribution is 0.0745. The van der Waals surface area contributed by atoms with Crippen molar-refractivity contribution in [2.24, 2.45) is 0 Å². The largest absolute Gasteiger partial charge is 0.480 e. The summed E-state index contributed by atoms with van der Waals surface area (Å²) in [4.78, 5) is 25.6. The first kappa shape index (κ1) is 18.8. The quantitative estimate of drug-likeness (QED) is 0.631. The van der Waals surface area contributed by atoms with Crippen LogP contribution in [-0.2, 0) is 6.42 Å². The molecule has 1 aliphatic rings. The molecule has 0 radical (unpaired) electrons. The van der Waals surface area contributed by atoms with Crippen molar-refractivity contribution >= 4 is 11.9 Å². The molecule has 0 N–H and O–H groups in total. The van der Waals surface area contributed by atoms with Gasteiger partial charge < -0.3 is 14.5 Å². The summed E-state index contributed by atoms with van der Waals surface area (Å²) in [5.41, 5.74) is 1.40. The smallest absolute Gasteiger partial charge is 0.257 e. The van der Waals surface area contributed by atoms with Crippen molar-refractivity contribution in [2.45, 2.75) is 13.3 Å². The number of methoxy groups -OCH3 is 1. The highest BCUT2D eigenvalue weighted by Gasteiger charge is 2.27. The first-order valence-electron chi connectivity index (χ1n) is 9.47. The van der Waals surface area contributed by atoms with Gasteiger partial charge in [-0.2, -0.15) is 5.10 Å². The second-order valence-corrected chi connectivity index (χ2v) is 6.53. The molecule has 0 aliphatic carbocycles. The summed E-state index contributed by atoms with van der Waals surface area (Å²) < 4.78 is 6.71. The van der Waals surface area contributed by atoms with Crippen LogP contribution in [0.3, 0.4) is 0 Å². The van der Waals surface area contributed by atoms with E-state index in [9.17, 15) is 4.79 Å². The van der Waals surface area contributed by atoms with E-state index in [0.717, 1.165) is 5.69 Å². The molecule has 0 bridgehead atoms. The fourth-order valence-corrected chi connectivity index (χ4v) is 3.36. The van der Waals surface area contributed by atoms with Gasteiger partial charge in [0.2, 0.25) is 11.8 Å². The van der Waals surface area contributed by atoms with Gasteiger partial charge in [-0.15, -0.1) is 10.2 Å². The SMILES string of the molecule is CCc1c(C(=O)N2CCN(c3ncccn3)CC2)cnn1-c1ccc(OC)nn1. The number of amides is 1. The molecule has 0 spiro atoms. The Morgan fingerprint density at radius 3 is 2.48 bits per heavy atom. The summed E-state index contributed by atoms with van der Waals surface area (Å²) in [6.07, 6.45) is 5.71. The zero-order valence-electron chi connectivity index (χ0n) is 16.4. The number of carbonyl (C=O) groups is 1. The van der Waals surface area contributed by atoms with Crippen LogP contribution in [0.2, 0.25) is 0 Å². The lowest BCUT2D eigenvalue weighted by Crippen LogP contribution is -2.49.